The molecular weight excluding hydrogens is 304 g/mol. The van der Waals surface area contributed by atoms with E-state index in [4.69, 9.17) is 5.11 Å². The minimum Gasteiger partial charge on any atom is -0.477 e. The summed E-state index contributed by atoms with van der Waals surface area (Å²) in [6, 6.07) is 5.05. The van der Waals surface area contributed by atoms with Crippen LogP contribution in [-0.4, -0.2) is 21.0 Å². The molecule has 0 saturated carbocycles. The minimum atomic E-state index is -1.02. The Balaban J connectivity index is 2.29. The van der Waals surface area contributed by atoms with Gasteiger partial charge >= 0.3 is 5.97 Å². The van der Waals surface area contributed by atoms with Crippen LogP contribution in [0.25, 0.3) is 12.2 Å². The Morgan fingerprint density at radius 3 is 2.68 bits per heavy atom. The number of nitro groups is 1. The number of thiazole rings is 1. The van der Waals surface area contributed by atoms with E-state index in [1.807, 2.05) is 13.8 Å². The molecule has 114 valence electrons. The summed E-state index contributed by atoms with van der Waals surface area (Å²) in [5.74, 6) is -0.954. The van der Waals surface area contributed by atoms with E-state index in [0.29, 0.717) is 16.1 Å². The molecular formula is C15H14N2O4S. The molecule has 0 spiro atoms. The lowest BCUT2D eigenvalue weighted by atomic mass is 9.99. The maximum atomic E-state index is 11.1. The van der Waals surface area contributed by atoms with E-state index in [9.17, 15) is 14.9 Å². The molecule has 2 rings (SSSR count). The molecule has 0 unspecified atom stereocenters. The first-order chi connectivity index (χ1) is 10.4. The van der Waals surface area contributed by atoms with Crippen LogP contribution in [0.4, 0.5) is 5.69 Å². The number of nitro benzene ring substituents is 1. The Labute approximate surface area is 130 Å². The summed E-state index contributed by atoms with van der Waals surface area (Å²) in [4.78, 5) is 25.7. The van der Waals surface area contributed by atoms with Crippen LogP contribution in [0.15, 0.2) is 24.4 Å². The van der Waals surface area contributed by atoms with Gasteiger partial charge in [0.2, 0.25) is 0 Å². The van der Waals surface area contributed by atoms with Crippen LogP contribution in [0.3, 0.4) is 0 Å². The Bertz CT molecular complexity index is 750. The minimum absolute atomic E-state index is 0.0653. The smallest absolute Gasteiger partial charge is 0.347 e. The van der Waals surface area contributed by atoms with Gasteiger partial charge in [0.1, 0.15) is 9.88 Å². The van der Waals surface area contributed by atoms with Gasteiger partial charge in [-0.25, -0.2) is 9.78 Å². The van der Waals surface area contributed by atoms with Crippen molar-refractivity contribution in [3.05, 3.63) is 55.5 Å². The van der Waals surface area contributed by atoms with Crippen LogP contribution in [0.2, 0.25) is 0 Å². The van der Waals surface area contributed by atoms with E-state index in [1.54, 1.807) is 24.3 Å². The molecule has 0 atom stereocenters. The molecule has 2 aromatic rings. The van der Waals surface area contributed by atoms with E-state index >= 15 is 0 Å². The molecule has 1 aromatic carbocycles. The number of carboxylic acid groups (broad SMARTS) is 1. The van der Waals surface area contributed by atoms with Crippen molar-refractivity contribution in [3.63, 3.8) is 0 Å². The van der Waals surface area contributed by atoms with Gasteiger partial charge in [-0.15, -0.1) is 11.3 Å². The third kappa shape index (κ3) is 3.56. The zero-order chi connectivity index (χ0) is 16.3. The number of hydrogen-bond acceptors (Lipinski definition) is 5. The summed E-state index contributed by atoms with van der Waals surface area (Å²) in [5.41, 5.74) is 1.44. The maximum Gasteiger partial charge on any atom is 0.347 e. The third-order valence-corrected chi connectivity index (χ3v) is 3.98. The van der Waals surface area contributed by atoms with E-state index in [0.717, 1.165) is 11.3 Å². The molecule has 1 N–H and O–H groups in total. The van der Waals surface area contributed by atoms with Crippen molar-refractivity contribution in [1.82, 2.24) is 4.98 Å². The zero-order valence-corrected chi connectivity index (χ0v) is 12.8. The second-order valence-corrected chi connectivity index (χ2v) is 5.99. The molecule has 0 bridgehead atoms. The molecule has 7 heteroatoms. The van der Waals surface area contributed by atoms with Crippen molar-refractivity contribution >= 4 is 35.1 Å². The van der Waals surface area contributed by atoms with Crippen molar-refractivity contribution in [2.75, 3.05) is 0 Å². The molecule has 0 radical (unpaired) electrons. The molecule has 22 heavy (non-hydrogen) atoms. The number of hydrogen-bond donors (Lipinski definition) is 1. The second-order valence-electron chi connectivity index (χ2n) is 4.93. The lowest BCUT2D eigenvalue weighted by Crippen LogP contribution is -1.97. The monoisotopic (exact) mass is 318 g/mol. The van der Waals surface area contributed by atoms with E-state index in [1.165, 1.54) is 12.3 Å². The molecule has 0 amide bonds. The number of nitrogens with zero attached hydrogens (tertiary/aromatic N) is 2. The highest BCUT2D eigenvalue weighted by atomic mass is 32.1. The average molecular weight is 318 g/mol. The third-order valence-electron chi connectivity index (χ3n) is 3.03. The Morgan fingerprint density at radius 1 is 1.41 bits per heavy atom. The quantitative estimate of drug-likeness (QED) is 0.663. The van der Waals surface area contributed by atoms with Gasteiger partial charge < -0.3 is 5.11 Å². The Morgan fingerprint density at radius 2 is 2.14 bits per heavy atom. The van der Waals surface area contributed by atoms with Crippen molar-refractivity contribution in [2.45, 2.75) is 19.8 Å². The fourth-order valence-corrected chi connectivity index (χ4v) is 2.60. The highest BCUT2D eigenvalue weighted by Gasteiger charge is 2.16. The van der Waals surface area contributed by atoms with Gasteiger partial charge in [0.15, 0.2) is 0 Å². The lowest BCUT2D eigenvalue weighted by molar-refractivity contribution is -0.385. The van der Waals surface area contributed by atoms with Gasteiger partial charge in [0.05, 0.1) is 11.1 Å². The normalized spacial score (nSPS) is 11.2. The number of rotatable bonds is 5. The SMILES string of the molecule is CC(C)c1ccc(/C=C/c2ncc(C(=O)O)s2)cc1[N+](=O)[O-]. The summed E-state index contributed by atoms with van der Waals surface area (Å²) >= 11 is 1.05. The van der Waals surface area contributed by atoms with E-state index in [2.05, 4.69) is 4.98 Å². The maximum absolute atomic E-state index is 11.1. The average Bonchev–Trinajstić information content (AvgIpc) is 2.93. The van der Waals surface area contributed by atoms with Crippen LogP contribution in [0.5, 0.6) is 0 Å². The predicted octanol–water partition coefficient (Wildman–Crippen LogP) is 4.04. The summed E-state index contributed by atoms with van der Waals surface area (Å²) in [5, 5.41) is 20.5. The molecule has 0 aliphatic heterocycles. The standard InChI is InChI=1S/C15H14N2O4S/c1-9(2)11-5-3-10(7-12(11)17(20)21)4-6-14-16-8-13(22-14)15(18)19/h3-9H,1-2H3,(H,18,19)/b6-4+. The molecule has 0 saturated heterocycles. The highest BCUT2D eigenvalue weighted by Crippen LogP contribution is 2.28. The van der Waals surface area contributed by atoms with Crippen molar-refractivity contribution in [2.24, 2.45) is 0 Å². The fraction of sp³-hybridized carbons (Fsp3) is 0.200. The Hall–Kier alpha value is -2.54. The predicted molar refractivity (Wildman–Crippen MR) is 85.2 cm³/mol. The molecule has 1 heterocycles. The number of carbonyl (C=O) groups is 1. The largest absolute Gasteiger partial charge is 0.477 e. The van der Waals surface area contributed by atoms with Crippen molar-refractivity contribution in [1.29, 1.82) is 0 Å². The summed E-state index contributed by atoms with van der Waals surface area (Å²) in [7, 11) is 0. The van der Waals surface area contributed by atoms with Gasteiger partial charge in [0, 0.05) is 11.6 Å². The first-order valence-corrected chi connectivity index (χ1v) is 7.35. The van der Waals surface area contributed by atoms with Gasteiger partial charge in [-0.3, -0.25) is 10.1 Å². The number of benzene rings is 1. The highest BCUT2D eigenvalue weighted by molar-refractivity contribution is 7.14. The number of carboxylic acids is 1. The summed E-state index contributed by atoms with van der Waals surface area (Å²) < 4.78 is 0. The van der Waals surface area contributed by atoms with Crippen molar-refractivity contribution in [3.8, 4) is 0 Å². The van der Waals surface area contributed by atoms with E-state index in [-0.39, 0.29) is 16.5 Å². The van der Waals surface area contributed by atoms with Crippen LogP contribution >= 0.6 is 11.3 Å². The molecule has 6 nitrogen and oxygen atoms in total. The zero-order valence-electron chi connectivity index (χ0n) is 12.0. The first-order valence-electron chi connectivity index (χ1n) is 6.54. The van der Waals surface area contributed by atoms with Crippen LogP contribution in [-0.2, 0) is 0 Å². The fourth-order valence-electron chi connectivity index (χ4n) is 1.94. The van der Waals surface area contributed by atoms with Crippen LogP contribution < -0.4 is 0 Å². The van der Waals surface area contributed by atoms with Crippen LogP contribution in [0.1, 0.15) is 45.6 Å². The molecule has 0 aliphatic rings. The lowest BCUT2D eigenvalue weighted by Gasteiger charge is -2.06. The molecule has 0 fully saturated rings. The second kappa shape index (κ2) is 6.48. The van der Waals surface area contributed by atoms with Gasteiger partial charge in [-0.05, 0) is 17.6 Å². The van der Waals surface area contributed by atoms with Gasteiger partial charge in [-0.1, -0.05) is 32.1 Å². The van der Waals surface area contributed by atoms with Crippen LogP contribution in [0, 0.1) is 10.1 Å². The van der Waals surface area contributed by atoms with E-state index < -0.39 is 10.9 Å². The van der Waals surface area contributed by atoms with Crippen molar-refractivity contribution < 1.29 is 14.8 Å². The summed E-state index contributed by atoms with van der Waals surface area (Å²) in [6.45, 7) is 3.81. The van der Waals surface area contributed by atoms with Gasteiger partial charge in [-0.2, -0.15) is 0 Å². The topological polar surface area (TPSA) is 93.3 Å². The number of aromatic nitrogens is 1. The molecule has 0 aliphatic carbocycles. The number of aromatic carboxylic acids is 1. The van der Waals surface area contributed by atoms with Gasteiger partial charge in [0.25, 0.3) is 5.69 Å². The molecule has 1 aromatic heterocycles. The first kappa shape index (κ1) is 15.8. The Kier molecular flexibility index (Phi) is 4.67. The summed E-state index contributed by atoms with van der Waals surface area (Å²) in [6.07, 6.45) is 4.61.